The second-order valence-electron chi connectivity index (χ2n) is 12.0. The van der Waals surface area contributed by atoms with Crippen molar-refractivity contribution in [2.45, 2.75) is 108 Å². The second kappa shape index (κ2) is 21.4. The molecule has 262 valence electrons. The molecule has 2 aromatic carbocycles. The van der Waals surface area contributed by atoms with E-state index in [2.05, 4.69) is 12.2 Å². The number of carboxylic acid groups (broad SMARTS) is 3. The van der Waals surface area contributed by atoms with Gasteiger partial charge in [-0.1, -0.05) is 87.9 Å². The van der Waals surface area contributed by atoms with Gasteiger partial charge in [-0.15, -0.1) is 0 Å². The normalized spacial score (nSPS) is 13.7. The van der Waals surface area contributed by atoms with Crippen LogP contribution in [0.2, 0.25) is 0 Å². The highest BCUT2D eigenvalue weighted by Crippen LogP contribution is 2.26. The average Bonchev–Trinajstić information content (AvgIpc) is 3.04. The number of carbonyl (C=O) groups is 5. The van der Waals surface area contributed by atoms with E-state index in [1.807, 2.05) is 18.2 Å². The smallest absolute Gasteiger partial charge is 0.337 e. The number of carboxylic acids is 3. The van der Waals surface area contributed by atoms with Gasteiger partial charge >= 0.3 is 17.9 Å². The number of carbonyl (C=O) groups excluding carboxylic acids is 2. The summed E-state index contributed by atoms with van der Waals surface area (Å²) in [6.45, 7) is 2.17. The Bertz CT molecular complexity index is 1340. The van der Waals surface area contributed by atoms with E-state index < -0.39 is 47.8 Å². The van der Waals surface area contributed by atoms with Crippen molar-refractivity contribution < 1.29 is 49.1 Å². The van der Waals surface area contributed by atoms with Crippen LogP contribution in [-0.2, 0) is 30.4 Å². The van der Waals surface area contributed by atoms with Crippen LogP contribution in [0.5, 0.6) is 11.5 Å². The molecule has 2 rings (SSSR count). The third-order valence-corrected chi connectivity index (χ3v) is 8.01. The fourth-order valence-corrected chi connectivity index (χ4v) is 5.25. The van der Waals surface area contributed by atoms with Gasteiger partial charge in [0.05, 0.1) is 12.3 Å². The van der Waals surface area contributed by atoms with Crippen molar-refractivity contribution >= 4 is 29.6 Å². The lowest BCUT2D eigenvalue weighted by molar-refractivity contribution is -0.172. The van der Waals surface area contributed by atoms with Crippen molar-refractivity contribution in [2.24, 2.45) is 5.92 Å². The van der Waals surface area contributed by atoms with Gasteiger partial charge in [-0.3, -0.25) is 14.4 Å². The number of aliphatic hydroxyl groups is 1. The van der Waals surface area contributed by atoms with Gasteiger partial charge in [-0.05, 0) is 55.5 Å². The lowest BCUT2D eigenvalue weighted by Gasteiger charge is -2.29. The van der Waals surface area contributed by atoms with E-state index in [0.29, 0.717) is 49.2 Å². The number of ether oxygens (including phenoxy) is 1. The molecular weight excluding hydrogens is 618 g/mol. The van der Waals surface area contributed by atoms with Crippen LogP contribution in [0, 0.1) is 5.92 Å². The number of hydrogen-bond donors (Lipinski definition) is 5. The van der Waals surface area contributed by atoms with Crippen LogP contribution in [0.15, 0.2) is 66.7 Å². The van der Waals surface area contributed by atoms with Crippen LogP contribution in [0.25, 0.3) is 0 Å². The summed E-state index contributed by atoms with van der Waals surface area (Å²) in [5.41, 5.74) is -2.52. The van der Waals surface area contributed by atoms with E-state index in [1.165, 1.54) is 31.8 Å². The van der Waals surface area contributed by atoms with E-state index >= 15 is 0 Å². The number of hydrogen-bond acceptors (Lipinski definition) is 7. The van der Waals surface area contributed by atoms with E-state index in [-0.39, 0.29) is 12.2 Å². The number of Topliss-reactive ketones (excluding diaryl/α,β-unsaturated/α-hetero) is 1. The highest BCUT2D eigenvalue weighted by Gasteiger charge is 2.49. The number of rotatable bonds is 25. The maximum Gasteiger partial charge on any atom is 0.337 e. The van der Waals surface area contributed by atoms with Crippen LogP contribution in [0.1, 0.15) is 96.0 Å². The van der Waals surface area contributed by atoms with Crippen LogP contribution < -0.4 is 10.1 Å². The highest BCUT2D eigenvalue weighted by molar-refractivity contribution is 5.94. The largest absolute Gasteiger partial charge is 0.481 e. The molecule has 11 heteroatoms. The Morgan fingerprint density at radius 2 is 1.38 bits per heavy atom. The molecule has 0 aliphatic carbocycles. The maximum atomic E-state index is 13.3. The maximum absolute atomic E-state index is 13.3. The zero-order valence-electron chi connectivity index (χ0n) is 27.6. The Morgan fingerprint density at radius 3 is 1.96 bits per heavy atom. The number of benzene rings is 2. The fraction of sp³-hybridized carbons (Fsp3) is 0.486. The van der Waals surface area contributed by atoms with Gasteiger partial charge in [0.15, 0.2) is 5.60 Å². The molecule has 11 nitrogen and oxygen atoms in total. The van der Waals surface area contributed by atoms with Gasteiger partial charge in [0, 0.05) is 19.3 Å². The number of nitrogens with one attached hydrogen (secondary N) is 1. The monoisotopic (exact) mass is 667 g/mol. The summed E-state index contributed by atoms with van der Waals surface area (Å²) in [6, 6.07) is 14.0. The van der Waals surface area contributed by atoms with Crippen LogP contribution in [0.4, 0.5) is 0 Å². The van der Waals surface area contributed by atoms with E-state index in [0.717, 1.165) is 25.3 Å². The molecule has 0 radical (unpaired) electrons. The summed E-state index contributed by atoms with van der Waals surface area (Å²) in [7, 11) is 0. The van der Waals surface area contributed by atoms with Gasteiger partial charge in [0.2, 0.25) is 5.91 Å². The summed E-state index contributed by atoms with van der Waals surface area (Å²) < 4.78 is 5.74. The SMILES string of the molecule is CCCCCCCCCC(=O)CCCC/C=C/[C@H](C(=O)N[C@@H](Cc1ccc(Oc2ccccc2)cc1)C(=O)O)[C@@](O)(CC(=O)O)C(=O)O. The lowest BCUT2D eigenvalue weighted by Crippen LogP contribution is -2.55. The topological polar surface area (TPSA) is 188 Å². The number of allylic oxidation sites excluding steroid dienone is 1. The van der Waals surface area contributed by atoms with Crippen molar-refractivity contribution in [2.75, 3.05) is 0 Å². The third-order valence-electron chi connectivity index (χ3n) is 8.01. The van der Waals surface area contributed by atoms with Gasteiger partial charge in [0.25, 0.3) is 0 Å². The molecule has 0 spiro atoms. The minimum Gasteiger partial charge on any atom is -0.481 e. The van der Waals surface area contributed by atoms with Gasteiger partial charge < -0.3 is 30.5 Å². The molecule has 0 saturated heterocycles. The van der Waals surface area contributed by atoms with Crippen molar-refractivity contribution in [3.05, 3.63) is 72.3 Å². The van der Waals surface area contributed by atoms with Crippen LogP contribution >= 0.6 is 0 Å². The molecule has 0 aromatic heterocycles. The van der Waals surface area contributed by atoms with E-state index in [4.69, 9.17) is 4.74 Å². The first-order chi connectivity index (χ1) is 23.0. The highest BCUT2D eigenvalue weighted by atomic mass is 16.5. The molecule has 0 unspecified atom stereocenters. The summed E-state index contributed by atoms with van der Waals surface area (Å²) >= 11 is 0. The average molecular weight is 668 g/mol. The van der Waals surface area contributed by atoms with Crippen LogP contribution in [0.3, 0.4) is 0 Å². The Kier molecular flexibility index (Phi) is 17.7. The third kappa shape index (κ3) is 14.5. The van der Waals surface area contributed by atoms with E-state index in [1.54, 1.807) is 36.4 Å². The van der Waals surface area contributed by atoms with Crippen LogP contribution in [-0.4, -0.2) is 61.7 Å². The Morgan fingerprint density at radius 1 is 0.792 bits per heavy atom. The first kappa shape index (κ1) is 39.7. The Labute approximate surface area is 282 Å². The fourth-order valence-electron chi connectivity index (χ4n) is 5.25. The zero-order chi connectivity index (χ0) is 35.4. The first-order valence-corrected chi connectivity index (χ1v) is 16.7. The minimum atomic E-state index is -3.04. The van der Waals surface area contributed by atoms with Gasteiger partial charge in [0.1, 0.15) is 23.3 Å². The number of aliphatic carboxylic acids is 3. The number of amides is 1. The molecule has 3 atom stereocenters. The molecular formula is C37H49NO10. The summed E-state index contributed by atoms with van der Waals surface area (Å²) in [6.07, 6.45) is 11.3. The lowest BCUT2D eigenvalue weighted by atomic mass is 9.82. The van der Waals surface area contributed by atoms with Crippen molar-refractivity contribution in [3.8, 4) is 11.5 Å². The number of ketones is 1. The quantitative estimate of drug-likeness (QED) is 0.0592. The summed E-state index contributed by atoms with van der Waals surface area (Å²) in [5.74, 6) is -6.78. The summed E-state index contributed by atoms with van der Waals surface area (Å²) in [5, 5.41) is 42.1. The van der Waals surface area contributed by atoms with Gasteiger partial charge in [-0.25, -0.2) is 9.59 Å². The summed E-state index contributed by atoms with van der Waals surface area (Å²) in [4.78, 5) is 61.2. The molecule has 1 amide bonds. The van der Waals surface area contributed by atoms with E-state index in [9.17, 15) is 44.4 Å². The molecule has 0 aliphatic rings. The molecule has 48 heavy (non-hydrogen) atoms. The predicted molar refractivity (Wildman–Crippen MR) is 180 cm³/mol. The molecule has 0 fully saturated rings. The Hall–Kier alpha value is -4.51. The van der Waals surface area contributed by atoms with Crippen molar-refractivity contribution in [1.82, 2.24) is 5.32 Å². The Balaban J connectivity index is 2.01. The molecule has 0 heterocycles. The zero-order valence-corrected chi connectivity index (χ0v) is 27.6. The molecule has 0 aliphatic heterocycles. The molecule has 0 saturated carbocycles. The van der Waals surface area contributed by atoms with Gasteiger partial charge in [-0.2, -0.15) is 0 Å². The first-order valence-electron chi connectivity index (χ1n) is 16.7. The second-order valence-corrected chi connectivity index (χ2v) is 12.0. The van der Waals surface area contributed by atoms with Crippen molar-refractivity contribution in [3.63, 3.8) is 0 Å². The molecule has 2 aromatic rings. The van der Waals surface area contributed by atoms with Crippen molar-refractivity contribution in [1.29, 1.82) is 0 Å². The number of unbranched alkanes of at least 4 members (excludes halogenated alkanes) is 8. The standard InChI is InChI=1S/C37H49NO10/c1-2-3-4-5-6-7-11-16-28(39)17-12-8-9-15-20-31(37(47,36(45)46)26-33(40)41)34(42)38-32(35(43)44)25-27-21-23-30(24-22-27)48-29-18-13-10-14-19-29/h10,13-15,18-24,31-32,47H,2-9,11-12,16-17,25-26H2,1H3,(H,38,42)(H,40,41)(H,43,44)(H,45,46)/b20-15+/t31-,32+,37+/m1/s1. The molecule has 0 bridgehead atoms. The number of para-hydroxylation sites is 1. The minimum absolute atomic E-state index is 0.171. The molecule has 5 N–H and O–H groups in total. The predicted octanol–water partition coefficient (Wildman–Crippen LogP) is 6.32.